The molecule has 0 spiro atoms. The first-order valence-corrected chi connectivity index (χ1v) is 8.06. The van der Waals surface area contributed by atoms with E-state index >= 15 is 0 Å². The lowest BCUT2D eigenvalue weighted by molar-refractivity contribution is -0.120. The zero-order chi connectivity index (χ0) is 13.7. The highest BCUT2D eigenvalue weighted by molar-refractivity contribution is 7.15. The summed E-state index contributed by atoms with van der Waals surface area (Å²) in [5.74, 6) is 0.258. The first-order chi connectivity index (χ1) is 9.24. The monoisotopic (exact) mass is 281 g/mol. The van der Waals surface area contributed by atoms with E-state index in [4.69, 9.17) is 0 Å². The summed E-state index contributed by atoms with van der Waals surface area (Å²) in [5.41, 5.74) is 1.15. The molecule has 0 saturated heterocycles. The van der Waals surface area contributed by atoms with Gasteiger partial charge in [-0.15, -0.1) is 11.3 Å². The van der Waals surface area contributed by atoms with Crippen LogP contribution >= 0.6 is 11.3 Å². The normalized spacial score (nSPS) is 15.9. The van der Waals surface area contributed by atoms with Gasteiger partial charge in [-0.25, -0.2) is 4.98 Å². The summed E-state index contributed by atoms with van der Waals surface area (Å²) in [5, 5.41) is 7.10. The number of hydrogen-bond donors (Lipinski definition) is 2. The highest BCUT2D eigenvalue weighted by atomic mass is 32.1. The summed E-state index contributed by atoms with van der Waals surface area (Å²) in [7, 11) is 0. The van der Waals surface area contributed by atoms with E-state index in [1.165, 1.54) is 4.88 Å². The Labute approximate surface area is 119 Å². The molecule has 1 amide bonds. The molecule has 0 bridgehead atoms. The summed E-state index contributed by atoms with van der Waals surface area (Å²) < 4.78 is 0. The fraction of sp³-hybridized carbons (Fsp3) is 0.714. The van der Waals surface area contributed by atoms with Gasteiger partial charge in [0.2, 0.25) is 5.91 Å². The average Bonchev–Trinajstić information content (AvgIpc) is 2.81. The number of rotatable bonds is 6. The molecule has 2 heterocycles. The van der Waals surface area contributed by atoms with Crippen LogP contribution in [-0.2, 0) is 17.8 Å². The van der Waals surface area contributed by atoms with Crippen LogP contribution in [0.2, 0.25) is 0 Å². The number of unbranched alkanes of at least 4 members (excludes halogenated alkanes) is 1. The number of hydrogen-bond acceptors (Lipinski definition) is 4. The van der Waals surface area contributed by atoms with E-state index in [-0.39, 0.29) is 11.8 Å². The minimum absolute atomic E-state index is 0.124. The summed E-state index contributed by atoms with van der Waals surface area (Å²) in [6, 6.07) is 0. The SMILES string of the molecule is CCCCC(CC)C(=O)Nc1nc2c(s1)CNCC2. The smallest absolute Gasteiger partial charge is 0.229 e. The van der Waals surface area contributed by atoms with E-state index in [9.17, 15) is 4.79 Å². The van der Waals surface area contributed by atoms with Gasteiger partial charge in [-0.2, -0.15) is 0 Å². The third-order valence-electron chi connectivity index (χ3n) is 3.60. The maximum Gasteiger partial charge on any atom is 0.229 e. The Kier molecular flexibility index (Phi) is 5.34. The lowest BCUT2D eigenvalue weighted by Gasteiger charge is -2.12. The summed E-state index contributed by atoms with van der Waals surface area (Å²) in [4.78, 5) is 18.0. The van der Waals surface area contributed by atoms with Crippen LogP contribution in [0, 0.1) is 5.92 Å². The fourth-order valence-corrected chi connectivity index (χ4v) is 3.34. The molecule has 1 aromatic rings. The van der Waals surface area contributed by atoms with E-state index in [1.54, 1.807) is 11.3 Å². The van der Waals surface area contributed by atoms with Gasteiger partial charge in [0.1, 0.15) is 0 Å². The second-order valence-corrected chi connectivity index (χ2v) is 6.14. The Morgan fingerprint density at radius 3 is 3.05 bits per heavy atom. The van der Waals surface area contributed by atoms with Crippen molar-refractivity contribution in [3.05, 3.63) is 10.6 Å². The maximum atomic E-state index is 12.2. The molecule has 1 aliphatic rings. The summed E-state index contributed by atoms with van der Waals surface area (Å²) in [6.45, 7) is 6.11. The van der Waals surface area contributed by atoms with Crippen LogP contribution in [0.3, 0.4) is 0 Å². The van der Waals surface area contributed by atoms with Crippen molar-refractivity contribution < 1.29 is 4.79 Å². The van der Waals surface area contributed by atoms with Crippen LogP contribution in [0.4, 0.5) is 5.13 Å². The number of nitrogens with zero attached hydrogens (tertiary/aromatic N) is 1. The molecular formula is C14H23N3OS. The molecule has 4 nitrogen and oxygen atoms in total. The molecular weight excluding hydrogens is 258 g/mol. The third kappa shape index (κ3) is 3.76. The standard InChI is InChI=1S/C14H23N3OS/c1-3-5-6-10(4-2)13(18)17-14-16-11-7-8-15-9-12(11)19-14/h10,15H,3-9H2,1-2H3,(H,16,17,18). The van der Waals surface area contributed by atoms with Crippen molar-refractivity contribution in [1.82, 2.24) is 10.3 Å². The predicted molar refractivity (Wildman–Crippen MR) is 79.5 cm³/mol. The Hall–Kier alpha value is -0.940. The molecule has 1 unspecified atom stereocenters. The van der Waals surface area contributed by atoms with Gasteiger partial charge < -0.3 is 10.6 Å². The highest BCUT2D eigenvalue weighted by Gasteiger charge is 2.19. The van der Waals surface area contributed by atoms with Crippen molar-refractivity contribution in [2.45, 2.75) is 52.5 Å². The number of carbonyl (C=O) groups excluding carboxylic acids is 1. The third-order valence-corrected chi connectivity index (χ3v) is 4.62. The van der Waals surface area contributed by atoms with Crippen LogP contribution in [-0.4, -0.2) is 17.4 Å². The van der Waals surface area contributed by atoms with E-state index in [2.05, 4.69) is 29.5 Å². The molecule has 1 atom stereocenters. The number of amides is 1. The Morgan fingerprint density at radius 1 is 1.53 bits per heavy atom. The quantitative estimate of drug-likeness (QED) is 0.843. The number of thiazole rings is 1. The molecule has 2 N–H and O–H groups in total. The Morgan fingerprint density at radius 2 is 2.37 bits per heavy atom. The zero-order valence-electron chi connectivity index (χ0n) is 11.8. The van der Waals surface area contributed by atoms with Crippen LogP contribution in [0.15, 0.2) is 0 Å². The van der Waals surface area contributed by atoms with Gasteiger partial charge in [0.25, 0.3) is 0 Å². The molecule has 0 fully saturated rings. The minimum Gasteiger partial charge on any atom is -0.311 e. The van der Waals surface area contributed by atoms with E-state index in [0.717, 1.165) is 56.0 Å². The highest BCUT2D eigenvalue weighted by Crippen LogP contribution is 2.26. The predicted octanol–water partition coefficient (Wildman–Crippen LogP) is 2.94. The largest absolute Gasteiger partial charge is 0.311 e. The Balaban J connectivity index is 1.95. The lowest BCUT2D eigenvalue weighted by Crippen LogP contribution is -2.22. The van der Waals surface area contributed by atoms with Gasteiger partial charge in [0, 0.05) is 30.3 Å². The lowest BCUT2D eigenvalue weighted by atomic mass is 9.99. The van der Waals surface area contributed by atoms with E-state index < -0.39 is 0 Å². The van der Waals surface area contributed by atoms with Gasteiger partial charge in [-0.1, -0.05) is 26.7 Å². The second kappa shape index (κ2) is 7.01. The minimum atomic E-state index is 0.124. The summed E-state index contributed by atoms with van der Waals surface area (Å²) >= 11 is 1.61. The molecule has 0 aliphatic carbocycles. The van der Waals surface area contributed by atoms with E-state index in [1.807, 2.05) is 0 Å². The number of fused-ring (bicyclic) bond motifs is 1. The van der Waals surface area contributed by atoms with Crippen molar-refractivity contribution in [3.63, 3.8) is 0 Å². The molecule has 1 aromatic heterocycles. The van der Waals surface area contributed by atoms with Gasteiger partial charge in [-0.05, 0) is 12.8 Å². The number of carbonyl (C=O) groups is 1. The van der Waals surface area contributed by atoms with Crippen LogP contribution in [0.1, 0.15) is 50.1 Å². The number of anilines is 1. The van der Waals surface area contributed by atoms with Gasteiger partial charge in [0.05, 0.1) is 5.69 Å². The van der Waals surface area contributed by atoms with Gasteiger partial charge in [-0.3, -0.25) is 4.79 Å². The number of aromatic nitrogens is 1. The molecule has 106 valence electrons. The van der Waals surface area contributed by atoms with Crippen molar-refractivity contribution in [2.24, 2.45) is 5.92 Å². The van der Waals surface area contributed by atoms with Crippen molar-refractivity contribution in [2.75, 3.05) is 11.9 Å². The second-order valence-electron chi connectivity index (χ2n) is 5.05. The molecule has 0 aromatic carbocycles. The van der Waals surface area contributed by atoms with Crippen LogP contribution in [0.5, 0.6) is 0 Å². The van der Waals surface area contributed by atoms with Crippen molar-refractivity contribution >= 4 is 22.4 Å². The van der Waals surface area contributed by atoms with Gasteiger partial charge >= 0.3 is 0 Å². The first-order valence-electron chi connectivity index (χ1n) is 7.24. The average molecular weight is 281 g/mol. The van der Waals surface area contributed by atoms with Gasteiger partial charge in [0.15, 0.2) is 5.13 Å². The molecule has 2 rings (SSSR count). The van der Waals surface area contributed by atoms with E-state index in [0.29, 0.717) is 0 Å². The molecule has 19 heavy (non-hydrogen) atoms. The Bertz CT molecular complexity index is 407. The molecule has 0 radical (unpaired) electrons. The number of nitrogens with one attached hydrogen (secondary N) is 2. The zero-order valence-corrected chi connectivity index (χ0v) is 12.6. The summed E-state index contributed by atoms with van der Waals surface area (Å²) in [6.07, 6.45) is 5.10. The fourth-order valence-electron chi connectivity index (χ4n) is 2.36. The van der Waals surface area contributed by atoms with Crippen molar-refractivity contribution in [1.29, 1.82) is 0 Å². The molecule has 5 heteroatoms. The topological polar surface area (TPSA) is 54.0 Å². The molecule has 1 aliphatic heterocycles. The van der Waals surface area contributed by atoms with Crippen molar-refractivity contribution in [3.8, 4) is 0 Å². The molecule has 0 saturated carbocycles. The maximum absolute atomic E-state index is 12.2. The van der Waals surface area contributed by atoms with Crippen LogP contribution in [0.25, 0.3) is 0 Å². The van der Waals surface area contributed by atoms with Crippen LogP contribution < -0.4 is 10.6 Å². The first kappa shape index (κ1) is 14.5.